The fourth-order valence-electron chi connectivity index (χ4n) is 3.75. The SMILES string of the molecule is C/C(=C\c1ccccc1)[C@H]1C(=O)N(c2ccccc2F)CC(=O)N1c1ccc(Br)cc1. The highest BCUT2D eigenvalue weighted by Crippen LogP contribution is 2.31. The molecule has 156 valence electrons. The van der Waals surface area contributed by atoms with Crippen LogP contribution in [0.25, 0.3) is 6.08 Å². The van der Waals surface area contributed by atoms with Crippen LogP contribution in [-0.2, 0) is 9.59 Å². The summed E-state index contributed by atoms with van der Waals surface area (Å²) in [6.07, 6.45) is 1.88. The number of carbonyl (C=O) groups is 2. The van der Waals surface area contributed by atoms with E-state index in [1.807, 2.05) is 55.5 Å². The van der Waals surface area contributed by atoms with Gasteiger partial charge in [-0.05, 0) is 54.5 Å². The van der Waals surface area contributed by atoms with Crippen LogP contribution in [0.4, 0.5) is 15.8 Å². The molecular weight excluding hydrogens is 459 g/mol. The van der Waals surface area contributed by atoms with Crippen LogP contribution in [0.1, 0.15) is 12.5 Å². The number of halogens is 2. The van der Waals surface area contributed by atoms with Gasteiger partial charge in [0.05, 0.1) is 5.69 Å². The summed E-state index contributed by atoms with van der Waals surface area (Å²) < 4.78 is 15.3. The summed E-state index contributed by atoms with van der Waals surface area (Å²) in [4.78, 5) is 29.6. The van der Waals surface area contributed by atoms with E-state index in [2.05, 4.69) is 15.9 Å². The van der Waals surface area contributed by atoms with E-state index < -0.39 is 11.9 Å². The Balaban J connectivity index is 1.81. The Morgan fingerprint density at radius 3 is 2.29 bits per heavy atom. The number of nitrogens with zero attached hydrogens (tertiary/aromatic N) is 2. The fraction of sp³-hybridized carbons (Fsp3) is 0.120. The first kappa shape index (κ1) is 21.0. The van der Waals surface area contributed by atoms with Gasteiger partial charge < -0.3 is 0 Å². The minimum absolute atomic E-state index is 0.105. The number of amides is 2. The first-order valence-electron chi connectivity index (χ1n) is 9.82. The molecule has 6 heteroatoms. The van der Waals surface area contributed by atoms with E-state index >= 15 is 0 Å². The van der Waals surface area contributed by atoms with Crippen LogP contribution >= 0.6 is 15.9 Å². The molecule has 1 atom stereocenters. The van der Waals surface area contributed by atoms with E-state index in [-0.39, 0.29) is 24.0 Å². The zero-order chi connectivity index (χ0) is 22.0. The molecule has 0 aliphatic carbocycles. The second kappa shape index (κ2) is 8.86. The minimum atomic E-state index is -0.887. The van der Waals surface area contributed by atoms with Crippen LogP contribution in [0, 0.1) is 5.82 Å². The predicted octanol–water partition coefficient (Wildman–Crippen LogP) is 5.44. The molecule has 0 bridgehead atoms. The van der Waals surface area contributed by atoms with Gasteiger partial charge in [0.2, 0.25) is 5.91 Å². The molecule has 2 amide bonds. The zero-order valence-electron chi connectivity index (χ0n) is 16.8. The number of piperazine rings is 1. The Morgan fingerprint density at radius 1 is 0.968 bits per heavy atom. The maximum atomic E-state index is 14.5. The third-order valence-electron chi connectivity index (χ3n) is 5.19. The molecular formula is C25H20BrFN2O2. The molecule has 0 radical (unpaired) electrons. The van der Waals surface area contributed by atoms with Crippen molar-refractivity contribution in [3.63, 3.8) is 0 Å². The van der Waals surface area contributed by atoms with Gasteiger partial charge in [-0.3, -0.25) is 19.4 Å². The maximum Gasteiger partial charge on any atom is 0.255 e. The lowest BCUT2D eigenvalue weighted by molar-refractivity contribution is -0.127. The van der Waals surface area contributed by atoms with Crippen molar-refractivity contribution in [2.24, 2.45) is 0 Å². The van der Waals surface area contributed by atoms with E-state index in [0.717, 1.165) is 10.0 Å². The van der Waals surface area contributed by atoms with E-state index in [9.17, 15) is 14.0 Å². The second-order valence-corrected chi connectivity index (χ2v) is 8.23. The van der Waals surface area contributed by atoms with Gasteiger partial charge >= 0.3 is 0 Å². The monoisotopic (exact) mass is 478 g/mol. The summed E-state index contributed by atoms with van der Waals surface area (Å²) in [7, 11) is 0. The number of anilines is 2. The summed E-state index contributed by atoms with van der Waals surface area (Å²) in [5.74, 6) is -1.17. The Morgan fingerprint density at radius 2 is 1.61 bits per heavy atom. The van der Waals surface area contributed by atoms with Crippen molar-refractivity contribution in [1.29, 1.82) is 0 Å². The molecule has 0 saturated carbocycles. The largest absolute Gasteiger partial charge is 0.298 e. The fourth-order valence-corrected chi connectivity index (χ4v) is 4.01. The van der Waals surface area contributed by atoms with E-state index in [4.69, 9.17) is 0 Å². The van der Waals surface area contributed by atoms with Crippen molar-refractivity contribution < 1.29 is 14.0 Å². The molecule has 0 unspecified atom stereocenters. The standard InChI is InChI=1S/C25H20BrFN2O2/c1-17(15-18-7-3-2-4-8-18)24-25(31)28(22-10-6-5-9-21(22)27)16-23(30)29(24)20-13-11-19(26)12-14-20/h2-15,24H,16H2,1H3/b17-15+/t24-/m0/s1. The maximum absolute atomic E-state index is 14.5. The Bertz CT molecular complexity index is 1150. The van der Waals surface area contributed by atoms with Gasteiger partial charge in [0.15, 0.2) is 0 Å². The Kier molecular flexibility index (Phi) is 6.00. The average Bonchev–Trinajstić information content (AvgIpc) is 2.77. The molecule has 4 rings (SSSR count). The summed E-state index contributed by atoms with van der Waals surface area (Å²) in [5.41, 5.74) is 2.32. The van der Waals surface area contributed by atoms with Gasteiger partial charge in [0.25, 0.3) is 5.91 Å². The van der Waals surface area contributed by atoms with Crippen molar-refractivity contribution >= 4 is 45.2 Å². The summed E-state index contributed by atoms with van der Waals surface area (Å²) in [6, 6.07) is 21.9. The lowest BCUT2D eigenvalue weighted by atomic mass is 9.98. The van der Waals surface area contributed by atoms with Crippen LogP contribution in [0.2, 0.25) is 0 Å². The van der Waals surface area contributed by atoms with Gasteiger partial charge in [-0.2, -0.15) is 0 Å². The number of rotatable bonds is 4. The first-order chi connectivity index (χ1) is 15.0. The lowest BCUT2D eigenvalue weighted by Gasteiger charge is -2.40. The minimum Gasteiger partial charge on any atom is -0.298 e. The summed E-state index contributed by atoms with van der Waals surface area (Å²) in [5, 5.41) is 0. The molecule has 3 aromatic carbocycles. The number of carbonyl (C=O) groups excluding carboxylic acids is 2. The van der Waals surface area contributed by atoms with Crippen molar-refractivity contribution in [3.8, 4) is 0 Å². The third kappa shape index (κ3) is 4.30. The quantitative estimate of drug-likeness (QED) is 0.500. The molecule has 4 nitrogen and oxygen atoms in total. The van der Waals surface area contributed by atoms with Gasteiger partial charge in [0.1, 0.15) is 18.4 Å². The normalized spacial score (nSPS) is 17.3. The molecule has 1 saturated heterocycles. The first-order valence-corrected chi connectivity index (χ1v) is 10.6. The smallest absolute Gasteiger partial charge is 0.255 e. The molecule has 1 fully saturated rings. The molecule has 3 aromatic rings. The van der Waals surface area contributed by atoms with Crippen molar-refractivity contribution in [2.45, 2.75) is 13.0 Å². The average molecular weight is 479 g/mol. The van der Waals surface area contributed by atoms with Crippen molar-refractivity contribution in [1.82, 2.24) is 0 Å². The van der Waals surface area contributed by atoms with Crippen molar-refractivity contribution in [2.75, 3.05) is 16.3 Å². The molecule has 0 N–H and O–H groups in total. The highest BCUT2D eigenvalue weighted by molar-refractivity contribution is 9.10. The Hall–Kier alpha value is -3.25. The molecule has 0 aromatic heterocycles. The van der Waals surface area contributed by atoms with Gasteiger partial charge in [-0.15, -0.1) is 0 Å². The van der Waals surface area contributed by atoms with E-state index in [0.29, 0.717) is 11.3 Å². The zero-order valence-corrected chi connectivity index (χ0v) is 18.4. The number of hydrogen-bond donors (Lipinski definition) is 0. The van der Waals surface area contributed by atoms with Crippen LogP contribution in [0.5, 0.6) is 0 Å². The number of hydrogen-bond acceptors (Lipinski definition) is 2. The van der Waals surface area contributed by atoms with Crippen LogP contribution < -0.4 is 9.80 Å². The van der Waals surface area contributed by atoms with Gasteiger partial charge in [-0.25, -0.2) is 4.39 Å². The van der Waals surface area contributed by atoms with Crippen LogP contribution in [0.15, 0.2) is 88.9 Å². The van der Waals surface area contributed by atoms with E-state index in [1.54, 1.807) is 24.3 Å². The topological polar surface area (TPSA) is 40.6 Å². The van der Waals surface area contributed by atoms with Crippen LogP contribution in [-0.4, -0.2) is 24.4 Å². The van der Waals surface area contributed by atoms with Gasteiger partial charge in [-0.1, -0.05) is 64.5 Å². The highest BCUT2D eigenvalue weighted by atomic mass is 79.9. The third-order valence-corrected chi connectivity index (χ3v) is 5.72. The predicted molar refractivity (Wildman–Crippen MR) is 124 cm³/mol. The highest BCUT2D eigenvalue weighted by Gasteiger charge is 2.42. The molecule has 1 heterocycles. The Labute approximate surface area is 188 Å². The second-order valence-electron chi connectivity index (χ2n) is 7.32. The van der Waals surface area contributed by atoms with Crippen molar-refractivity contribution in [3.05, 3.63) is 100 Å². The van der Waals surface area contributed by atoms with Gasteiger partial charge in [0, 0.05) is 10.2 Å². The molecule has 0 spiro atoms. The molecule has 1 aliphatic heterocycles. The summed E-state index contributed by atoms with van der Waals surface area (Å²) >= 11 is 3.40. The van der Waals surface area contributed by atoms with E-state index in [1.165, 1.54) is 21.9 Å². The lowest BCUT2D eigenvalue weighted by Crippen LogP contribution is -2.61. The number of benzene rings is 3. The molecule has 1 aliphatic rings. The summed E-state index contributed by atoms with van der Waals surface area (Å²) in [6.45, 7) is 1.59. The number of para-hydroxylation sites is 1. The van der Waals surface area contributed by atoms with Crippen LogP contribution in [0.3, 0.4) is 0 Å². The molecule has 31 heavy (non-hydrogen) atoms.